The lowest BCUT2D eigenvalue weighted by atomic mass is 10.1. The van der Waals surface area contributed by atoms with Gasteiger partial charge in [-0.15, -0.1) is 0 Å². The lowest BCUT2D eigenvalue weighted by Gasteiger charge is -2.12. The minimum absolute atomic E-state index is 0.106. The molecule has 126 valence electrons. The number of amides is 1. The van der Waals surface area contributed by atoms with E-state index in [9.17, 15) is 9.59 Å². The number of anilines is 1. The minimum atomic E-state index is -0.435. The highest BCUT2D eigenvalue weighted by Crippen LogP contribution is 2.20. The first-order chi connectivity index (χ1) is 11.4. The molecule has 0 aliphatic heterocycles. The van der Waals surface area contributed by atoms with Crippen molar-refractivity contribution >= 4 is 17.6 Å². The van der Waals surface area contributed by atoms with Crippen molar-refractivity contribution in [3.8, 4) is 5.75 Å². The molecule has 0 atom stereocenters. The monoisotopic (exact) mass is 327 g/mol. The topological polar surface area (TPSA) is 64.6 Å². The molecule has 0 unspecified atom stereocenters. The van der Waals surface area contributed by atoms with Crippen molar-refractivity contribution in [2.24, 2.45) is 0 Å². The van der Waals surface area contributed by atoms with Gasteiger partial charge >= 0.3 is 5.97 Å². The third-order valence-electron chi connectivity index (χ3n) is 3.58. The summed E-state index contributed by atoms with van der Waals surface area (Å²) in [5.74, 6) is -0.0722. The number of benzene rings is 2. The predicted octanol–water partition coefficient (Wildman–Crippen LogP) is 3.42. The van der Waals surface area contributed by atoms with Crippen LogP contribution >= 0.6 is 0 Å². The first kappa shape index (κ1) is 17.5. The van der Waals surface area contributed by atoms with E-state index < -0.39 is 5.97 Å². The number of rotatable bonds is 5. The molecule has 5 heteroatoms. The van der Waals surface area contributed by atoms with Gasteiger partial charge in [-0.05, 0) is 61.7 Å². The highest BCUT2D eigenvalue weighted by molar-refractivity contribution is 5.97. The van der Waals surface area contributed by atoms with Crippen LogP contribution in [0.3, 0.4) is 0 Å². The second kappa shape index (κ2) is 7.64. The molecule has 2 rings (SSSR count). The number of esters is 1. The average molecular weight is 327 g/mol. The minimum Gasteiger partial charge on any atom is -0.484 e. The van der Waals surface area contributed by atoms with E-state index in [1.54, 1.807) is 25.1 Å². The van der Waals surface area contributed by atoms with E-state index in [1.807, 2.05) is 32.0 Å². The molecule has 0 radical (unpaired) electrons. The Morgan fingerprint density at radius 3 is 2.33 bits per heavy atom. The molecule has 0 saturated carbocycles. The van der Waals surface area contributed by atoms with Crippen molar-refractivity contribution in [1.82, 2.24) is 0 Å². The third-order valence-corrected chi connectivity index (χ3v) is 3.58. The summed E-state index contributed by atoms with van der Waals surface area (Å²) >= 11 is 0. The standard InChI is InChI=1S/C19H21NO4/c1-12-8-13(2)10-15(9-12)24-11-18(21)20-17-7-5-6-16(14(17)3)19(22)23-4/h5-10H,11H2,1-4H3,(H,20,21). The maximum Gasteiger partial charge on any atom is 0.338 e. The van der Waals surface area contributed by atoms with Crippen LogP contribution in [0.2, 0.25) is 0 Å². The summed E-state index contributed by atoms with van der Waals surface area (Å²) < 4.78 is 10.3. The van der Waals surface area contributed by atoms with Gasteiger partial charge in [-0.1, -0.05) is 12.1 Å². The lowest BCUT2D eigenvalue weighted by Crippen LogP contribution is -2.21. The molecular weight excluding hydrogens is 306 g/mol. The Morgan fingerprint density at radius 2 is 1.71 bits per heavy atom. The Labute approximate surface area is 141 Å². The average Bonchev–Trinajstić information content (AvgIpc) is 2.53. The summed E-state index contributed by atoms with van der Waals surface area (Å²) in [6.07, 6.45) is 0. The molecule has 0 fully saturated rings. The van der Waals surface area contributed by atoms with Crippen LogP contribution in [0, 0.1) is 20.8 Å². The number of nitrogens with one attached hydrogen (secondary N) is 1. The van der Waals surface area contributed by atoms with Gasteiger partial charge in [0.1, 0.15) is 5.75 Å². The highest BCUT2D eigenvalue weighted by Gasteiger charge is 2.13. The van der Waals surface area contributed by atoms with Gasteiger partial charge in [-0.2, -0.15) is 0 Å². The summed E-state index contributed by atoms with van der Waals surface area (Å²) in [5, 5.41) is 2.76. The van der Waals surface area contributed by atoms with E-state index in [2.05, 4.69) is 5.32 Å². The van der Waals surface area contributed by atoms with Gasteiger partial charge in [0.05, 0.1) is 12.7 Å². The number of carbonyl (C=O) groups is 2. The second-order valence-electron chi connectivity index (χ2n) is 5.63. The normalized spacial score (nSPS) is 10.2. The van der Waals surface area contributed by atoms with Gasteiger partial charge in [0.25, 0.3) is 5.91 Å². The fourth-order valence-corrected chi connectivity index (χ4v) is 2.45. The summed E-state index contributed by atoms with van der Waals surface area (Å²) in [5.41, 5.74) is 3.79. The fraction of sp³-hybridized carbons (Fsp3) is 0.263. The molecular formula is C19H21NO4. The fourth-order valence-electron chi connectivity index (χ4n) is 2.45. The van der Waals surface area contributed by atoms with Crippen LogP contribution in [0.15, 0.2) is 36.4 Å². The van der Waals surface area contributed by atoms with Crippen LogP contribution in [0.25, 0.3) is 0 Å². The molecule has 1 N–H and O–H groups in total. The van der Waals surface area contributed by atoms with E-state index in [0.717, 1.165) is 11.1 Å². The zero-order valence-electron chi connectivity index (χ0n) is 14.3. The number of hydrogen-bond acceptors (Lipinski definition) is 4. The van der Waals surface area contributed by atoms with Gasteiger partial charge in [0.2, 0.25) is 0 Å². The Hall–Kier alpha value is -2.82. The van der Waals surface area contributed by atoms with Crippen LogP contribution in [0.1, 0.15) is 27.0 Å². The van der Waals surface area contributed by atoms with Crippen molar-refractivity contribution in [3.63, 3.8) is 0 Å². The summed E-state index contributed by atoms with van der Waals surface area (Å²) in [7, 11) is 1.32. The first-order valence-corrected chi connectivity index (χ1v) is 7.59. The zero-order chi connectivity index (χ0) is 17.7. The van der Waals surface area contributed by atoms with Crippen molar-refractivity contribution in [1.29, 1.82) is 0 Å². The van der Waals surface area contributed by atoms with Gasteiger partial charge < -0.3 is 14.8 Å². The predicted molar refractivity (Wildman–Crippen MR) is 92.6 cm³/mol. The van der Waals surface area contributed by atoms with Crippen LogP contribution in [-0.4, -0.2) is 25.6 Å². The molecule has 1 amide bonds. The van der Waals surface area contributed by atoms with Crippen molar-refractivity contribution in [2.75, 3.05) is 19.0 Å². The maximum absolute atomic E-state index is 12.1. The summed E-state index contributed by atoms with van der Waals surface area (Å²) in [6.45, 7) is 5.60. The Bertz CT molecular complexity index is 748. The van der Waals surface area contributed by atoms with Crippen LogP contribution < -0.4 is 10.1 Å². The van der Waals surface area contributed by atoms with Gasteiger partial charge in [0.15, 0.2) is 6.61 Å². The van der Waals surface area contributed by atoms with Crippen molar-refractivity contribution < 1.29 is 19.1 Å². The number of aryl methyl sites for hydroxylation is 2. The van der Waals surface area contributed by atoms with E-state index in [4.69, 9.17) is 9.47 Å². The lowest BCUT2D eigenvalue weighted by molar-refractivity contribution is -0.118. The molecule has 2 aromatic carbocycles. The summed E-state index contributed by atoms with van der Waals surface area (Å²) in [6, 6.07) is 10.9. The Morgan fingerprint density at radius 1 is 1.04 bits per heavy atom. The van der Waals surface area contributed by atoms with Crippen molar-refractivity contribution in [2.45, 2.75) is 20.8 Å². The molecule has 0 heterocycles. The molecule has 0 bridgehead atoms. The number of methoxy groups -OCH3 is 1. The number of ether oxygens (including phenoxy) is 2. The van der Waals surface area contributed by atoms with Crippen LogP contribution in [0.4, 0.5) is 5.69 Å². The second-order valence-corrected chi connectivity index (χ2v) is 5.63. The quantitative estimate of drug-likeness (QED) is 0.855. The zero-order valence-corrected chi connectivity index (χ0v) is 14.3. The molecule has 0 aliphatic carbocycles. The molecule has 0 aliphatic rings. The van der Waals surface area contributed by atoms with Gasteiger partial charge in [-0.25, -0.2) is 4.79 Å². The van der Waals surface area contributed by atoms with E-state index in [0.29, 0.717) is 22.6 Å². The Balaban J connectivity index is 2.03. The Kier molecular flexibility index (Phi) is 5.58. The molecule has 5 nitrogen and oxygen atoms in total. The molecule has 0 spiro atoms. The molecule has 2 aromatic rings. The van der Waals surface area contributed by atoms with Gasteiger partial charge in [0, 0.05) is 5.69 Å². The smallest absolute Gasteiger partial charge is 0.338 e. The van der Waals surface area contributed by atoms with E-state index in [-0.39, 0.29) is 12.5 Å². The van der Waals surface area contributed by atoms with E-state index >= 15 is 0 Å². The largest absolute Gasteiger partial charge is 0.484 e. The maximum atomic E-state index is 12.1. The van der Waals surface area contributed by atoms with Crippen LogP contribution in [0.5, 0.6) is 5.75 Å². The molecule has 0 aromatic heterocycles. The number of carbonyl (C=O) groups excluding carboxylic acids is 2. The first-order valence-electron chi connectivity index (χ1n) is 7.59. The van der Waals surface area contributed by atoms with Crippen molar-refractivity contribution in [3.05, 3.63) is 58.7 Å². The van der Waals surface area contributed by atoms with E-state index in [1.165, 1.54) is 7.11 Å². The molecule has 0 saturated heterocycles. The van der Waals surface area contributed by atoms with Crippen LogP contribution in [-0.2, 0) is 9.53 Å². The SMILES string of the molecule is COC(=O)c1cccc(NC(=O)COc2cc(C)cc(C)c2)c1C. The number of hydrogen-bond donors (Lipinski definition) is 1. The highest BCUT2D eigenvalue weighted by atomic mass is 16.5. The molecule has 24 heavy (non-hydrogen) atoms. The third kappa shape index (κ3) is 4.35. The summed E-state index contributed by atoms with van der Waals surface area (Å²) in [4.78, 5) is 23.8. The van der Waals surface area contributed by atoms with Gasteiger partial charge in [-0.3, -0.25) is 4.79 Å².